The van der Waals surface area contributed by atoms with Crippen LogP contribution < -0.4 is 10.6 Å². The lowest BCUT2D eigenvalue weighted by Gasteiger charge is -2.22. The van der Waals surface area contributed by atoms with Gasteiger partial charge in [-0.1, -0.05) is 12.2 Å². The molecule has 100 valence electrons. The second-order valence-corrected chi connectivity index (χ2v) is 4.67. The van der Waals surface area contributed by atoms with Crippen molar-refractivity contribution in [2.45, 2.75) is 19.3 Å². The van der Waals surface area contributed by atoms with Crippen LogP contribution in [0.5, 0.6) is 0 Å². The largest absolute Gasteiger partial charge is 0.396 e. The van der Waals surface area contributed by atoms with Gasteiger partial charge in [0.2, 0.25) is 0 Å². The van der Waals surface area contributed by atoms with E-state index in [0.717, 1.165) is 31.5 Å². The molecular formula is C13H19FN2OS. The zero-order chi connectivity index (χ0) is 13.5. The number of unbranched alkanes of at least 4 members (excludes halogenated alkanes) is 2. The molecule has 3 N–H and O–H groups in total. The molecule has 5 heteroatoms. The number of benzene rings is 1. The second kappa shape index (κ2) is 7.28. The molecule has 0 amide bonds. The molecule has 1 rings (SSSR count). The zero-order valence-corrected chi connectivity index (χ0v) is 11.3. The predicted molar refractivity (Wildman–Crippen MR) is 76.5 cm³/mol. The van der Waals surface area contributed by atoms with Gasteiger partial charge in [0, 0.05) is 31.5 Å². The van der Waals surface area contributed by atoms with Crippen LogP contribution in [-0.2, 0) is 0 Å². The van der Waals surface area contributed by atoms with Gasteiger partial charge in [-0.15, -0.1) is 0 Å². The topological polar surface area (TPSA) is 49.5 Å². The van der Waals surface area contributed by atoms with Crippen LogP contribution >= 0.6 is 12.2 Å². The highest BCUT2D eigenvalue weighted by Crippen LogP contribution is 2.21. The summed E-state index contributed by atoms with van der Waals surface area (Å²) in [6, 6.07) is 4.46. The van der Waals surface area contributed by atoms with Crippen LogP contribution in [-0.4, -0.2) is 30.3 Å². The van der Waals surface area contributed by atoms with E-state index in [-0.39, 0.29) is 17.4 Å². The maximum absolute atomic E-state index is 13.2. The molecule has 0 saturated heterocycles. The summed E-state index contributed by atoms with van der Waals surface area (Å²) in [5.41, 5.74) is 7.01. The summed E-state index contributed by atoms with van der Waals surface area (Å²) in [6.45, 7) is 1.04. The minimum atomic E-state index is -0.338. The van der Waals surface area contributed by atoms with Crippen LogP contribution in [0.15, 0.2) is 18.2 Å². The molecule has 0 radical (unpaired) electrons. The minimum Gasteiger partial charge on any atom is -0.396 e. The van der Waals surface area contributed by atoms with E-state index in [1.807, 2.05) is 11.9 Å². The molecule has 0 spiro atoms. The quantitative estimate of drug-likeness (QED) is 0.588. The fourth-order valence-corrected chi connectivity index (χ4v) is 1.96. The van der Waals surface area contributed by atoms with Crippen LogP contribution in [0, 0.1) is 5.82 Å². The third kappa shape index (κ3) is 4.23. The van der Waals surface area contributed by atoms with Gasteiger partial charge in [0.15, 0.2) is 0 Å². The predicted octanol–water partition coefficient (Wildman–Crippen LogP) is 2.06. The molecule has 0 aliphatic heterocycles. The van der Waals surface area contributed by atoms with E-state index < -0.39 is 0 Å². The first-order valence-electron chi connectivity index (χ1n) is 5.97. The van der Waals surface area contributed by atoms with E-state index in [9.17, 15) is 4.39 Å². The SMILES string of the molecule is CN(CCCCCO)c1ccc(F)cc1C(N)=S. The van der Waals surface area contributed by atoms with Crippen molar-refractivity contribution in [1.82, 2.24) is 0 Å². The number of anilines is 1. The highest BCUT2D eigenvalue weighted by Gasteiger charge is 2.10. The lowest BCUT2D eigenvalue weighted by molar-refractivity contribution is 0.283. The number of nitrogens with zero attached hydrogens (tertiary/aromatic N) is 1. The van der Waals surface area contributed by atoms with E-state index >= 15 is 0 Å². The van der Waals surface area contributed by atoms with Crippen molar-refractivity contribution in [3.63, 3.8) is 0 Å². The number of aliphatic hydroxyl groups is 1. The smallest absolute Gasteiger partial charge is 0.124 e. The third-order valence-corrected chi connectivity index (χ3v) is 3.01. The van der Waals surface area contributed by atoms with Gasteiger partial charge >= 0.3 is 0 Å². The Kier molecular flexibility index (Phi) is 6.01. The number of aliphatic hydroxyl groups excluding tert-OH is 1. The lowest BCUT2D eigenvalue weighted by atomic mass is 10.1. The Morgan fingerprint density at radius 2 is 2.11 bits per heavy atom. The zero-order valence-electron chi connectivity index (χ0n) is 10.5. The van der Waals surface area contributed by atoms with Gasteiger partial charge in [0.05, 0.1) is 0 Å². The molecule has 1 aromatic carbocycles. The van der Waals surface area contributed by atoms with Crippen molar-refractivity contribution >= 4 is 22.9 Å². The molecule has 18 heavy (non-hydrogen) atoms. The average molecular weight is 270 g/mol. The Morgan fingerprint density at radius 1 is 1.39 bits per heavy atom. The fraction of sp³-hybridized carbons (Fsp3) is 0.462. The molecule has 0 saturated carbocycles. The van der Waals surface area contributed by atoms with E-state index in [2.05, 4.69) is 0 Å². The van der Waals surface area contributed by atoms with Crippen molar-refractivity contribution in [2.24, 2.45) is 5.73 Å². The van der Waals surface area contributed by atoms with Crippen LogP contribution in [0.4, 0.5) is 10.1 Å². The van der Waals surface area contributed by atoms with Crippen molar-refractivity contribution in [1.29, 1.82) is 0 Å². The lowest BCUT2D eigenvalue weighted by Crippen LogP contribution is -2.23. The summed E-state index contributed by atoms with van der Waals surface area (Å²) in [5.74, 6) is -0.338. The summed E-state index contributed by atoms with van der Waals surface area (Å²) in [5, 5.41) is 8.71. The number of halogens is 1. The molecule has 0 heterocycles. The minimum absolute atomic E-state index is 0.201. The van der Waals surface area contributed by atoms with Gasteiger partial charge in [-0.25, -0.2) is 4.39 Å². The van der Waals surface area contributed by atoms with Crippen LogP contribution in [0.3, 0.4) is 0 Å². The Balaban J connectivity index is 2.72. The van der Waals surface area contributed by atoms with Gasteiger partial charge in [-0.2, -0.15) is 0 Å². The molecule has 3 nitrogen and oxygen atoms in total. The molecule has 0 fully saturated rings. The van der Waals surface area contributed by atoms with Gasteiger partial charge < -0.3 is 15.7 Å². The molecule has 0 bridgehead atoms. The Morgan fingerprint density at radius 3 is 2.72 bits per heavy atom. The van der Waals surface area contributed by atoms with E-state index in [0.29, 0.717) is 5.56 Å². The van der Waals surface area contributed by atoms with E-state index in [4.69, 9.17) is 23.1 Å². The molecule has 0 atom stereocenters. The Hall–Kier alpha value is -1.20. The monoisotopic (exact) mass is 270 g/mol. The molecule has 0 aromatic heterocycles. The summed E-state index contributed by atoms with van der Waals surface area (Å²) in [6.07, 6.45) is 2.73. The summed E-state index contributed by atoms with van der Waals surface area (Å²) < 4.78 is 13.2. The number of nitrogens with two attached hydrogens (primary N) is 1. The second-order valence-electron chi connectivity index (χ2n) is 4.23. The van der Waals surface area contributed by atoms with Gasteiger partial charge in [0.25, 0.3) is 0 Å². The molecular weight excluding hydrogens is 251 g/mol. The highest BCUT2D eigenvalue weighted by molar-refractivity contribution is 7.80. The van der Waals surface area contributed by atoms with Gasteiger partial charge in [-0.3, -0.25) is 0 Å². The van der Waals surface area contributed by atoms with Crippen LogP contribution in [0.25, 0.3) is 0 Å². The Bertz CT molecular complexity index is 412. The van der Waals surface area contributed by atoms with E-state index in [1.54, 1.807) is 6.07 Å². The number of rotatable bonds is 7. The van der Waals surface area contributed by atoms with Crippen molar-refractivity contribution in [3.8, 4) is 0 Å². The summed E-state index contributed by atoms with van der Waals surface area (Å²) in [4.78, 5) is 2.21. The summed E-state index contributed by atoms with van der Waals surface area (Å²) in [7, 11) is 1.92. The third-order valence-electron chi connectivity index (χ3n) is 2.79. The molecule has 0 aliphatic carbocycles. The standard InChI is InChI=1S/C13H19FN2OS/c1-16(7-3-2-4-8-17)12-6-5-10(14)9-11(12)13(15)18/h5-6,9,17H,2-4,7-8H2,1H3,(H2,15,18). The number of thiocarbonyl (C=S) groups is 1. The first-order valence-corrected chi connectivity index (χ1v) is 6.38. The van der Waals surface area contributed by atoms with Gasteiger partial charge in [0.1, 0.15) is 10.8 Å². The van der Waals surface area contributed by atoms with Crippen LogP contribution in [0.2, 0.25) is 0 Å². The highest BCUT2D eigenvalue weighted by atomic mass is 32.1. The fourth-order valence-electron chi connectivity index (χ4n) is 1.80. The Labute approximate surface area is 112 Å². The average Bonchev–Trinajstić information content (AvgIpc) is 2.34. The first kappa shape index (κ1) is 14.9. The number of hydrogen-bond acceptors (Lipinski definition) is 3. The maximum atomic E-state index is 13.2. The maximum Gasteiger partial charge on any atom is 0.124 e. The van der Waals surface area contributed by atoms with Gasteiger partial charge in [-0.05, 0) is 37.5 Å². The van der Waals surface area contributed by atoms with Crippen molar-refractivity contribution in [3.05, 3.63) is 29.6 Å². The van der Waals surface area contributed by atoms with E-state index in [1.165, 1.54) is 12.1 Å². The summed E-state index contributed by atoms with van der Waals surface area (Å²) >= 11 is 4.93. The number of hydrogen-bond donors (Lipinski definition) is 2. The normalized spacial score (nSPS) is 10.4. The molecule has 0 unspecified atom stereocenters. The van der Waals surface area contributed by atoms with Crippen molar-refractivity contribution in [2.75, 3.05) is 25.1 Å². The first-order chi connectivity index (χ1) is 8.56. The molecule has 0 aliphatic rings. The van der Waals surface area contributed by atoms with Crippen molar-refractivity contribution < 1.29 is 9.50 Å². The van der Waals surface area contributed by atoms with Crippen LogP contribution in [0.1, 0.15) is 24.8 Å². The molecule has 1 aromatic rings.